The molecular formula is C26H27F2N7. The van der Waals surface area contributed by atoms with Gasteiger partial charge in [0.05, 0.1) is 23.8 Å². The van der Waals surface area contributed by atoms with E-state index in [0.717, 1.165) is 22.4 Å². The lowest BCUT2D eigenvalue weighted by Crippen LogP contribution is -2.04. The van der Waals surface area contributed by atoms with Crippen LogP contribution in [0.5, 0.6) is 0 Å². The molecule has 3 aromatic heterocycles. The maximum Gasteiger partial charge on any atom is 0.265 e. The molecule has 3 heterocycles. The van der Waals surface area contributed by atoms with E-state index in [9.17, 15) is 8.78 Å². The monoisotopic (exact) mass is 475 g/mol. The smallest absolute Gasteiger partial charge is 0.265 e. The van der Waals surface area contributed by atoms with Gasteiger partial charge in [0, 0.05) is 53.6 Å². The van der Waals surface area contributed by atoms with E-state index in [0.29, 0.717) is 29.4 Å². The van der Waals surface area contributed by atoms with E-state index in [1.807, 2.05) is 35.1 Å². The Balaban J connectivity index is 1.36. The first kappa shape index (κ1) is 24.0. The minimum Gasteiger partial charge on any atom is -0.358 e. The van der Waals surface area contributed by atoms with Gasteiger partial charge in [0.25, 0.3) is 6.43 Å². The number of hydrogen-bond acceptors (Lipinski definition) is 6. The molecule has 4 rings (SSSR count). The minimum atomic E-state index is -2.57. The molecule has 0 amide bonds. The number of pyridine rings is 1. The summed E-state index contributed by atoms with van der Waals surface area (Å²) < 4.78 is 28.1. The zero-order valence-corrected chi connectivity index (χ0v) is 19.8. The fraction of sp³-hybridized carbons (Fsp3) is 0.231. The van der Waals surface area contributed by atoms with Crippen LogP contribution in [0.1, 0.15) is 43.1 Å². The van der Waals surface area contributed by atoms with E-state index in [1.54, 1.807) is 25.5 Å². The van der Waals surface area contributed by atoms with E-state index >= 15 is 0 Å². The van der Waals surface area contributed by atoms with Crippen molar-refractivity contribution in [1.29, 1.82) is 0 Å². The lowest BCUT2D eigenvalue weighted by Gasteiger charge is -2.12. The van der Waals surface area contributed by atoms with Gasteiger partial charge in [0.15, 0.2) is 0 Å². The number of hydrogen-bond donors (Lipinski definition) is 2. The lowest BCUT2D eigenvalue weighted by atomic mass is 10.0. The molecule has 9 heteroatoms. The molecule has 0 fully saturated rings. The van der Waals surface area contributed by atoms with Crippen molar-refractivity contribution in [2.75, 3.05) is 10.6 Å². The number of benzene rings is 1. The highest BCUT2D eigenvalue weighted by molar-refractivity contribution is 5.63. The van der Waals surface area contributed by atoms with Crippen LogP contribution in [-0.2, 0) is 6.42 Å². The second-order valence-electron chi connectivity index (χ2n) is 8.52. The molecule has 0 unspecified atom stereocenters. The van der Waals surface area contributed by atoms with Gasteiger partial charge in [-0.05, 0) is 38.0 Å². The maximum absolute atomic E-state index is 13.1. The third-order valence-electron chi connectivity index (χ3n) is 5.43. The Labute approximate surface area is 203 Å². The molecule has 0 atom stereocenters. The SMILES string of the molecule is C=C(Cc1ccc(-c2cnc(Nc3cnn(C(C)C)c3)nc2)cc1)Nc1cnc(C)c(C(F)F)c1. The van der Waals surface area contributed by atoms with Gasteiger partial charge in [-0.15, -0.1) is 0 Å². The minimum absolute atomic E-state index is 0.0822. The molecule has 35 heavy (non-hydrogen) atoms. The van der Waals surface area contributed by atoms with Crippen molar-refractivity contribution in [2.45, 2.75) is 39.7 Å². The van der Waals surface area contributed by atoms with E-state index in [1.165, 1.54) is 12.3 Å². The van der Waals surface area contributed by atoms with E-state index in [2.05, 4.69) is 51.1 Å². The lowest BCUT2D eigenvalue weighted by molar-refractivity contribution is 0.150. The summed E-state index contributed by atoms with van der Waals surface area (Å²) in [7, 11) is 0. The molecule has 1 aromatic carbocycles. The fourth-order valence-electron chi connectivity index (χ4n) is 3.50. The average molecular weight is 476 g/mol. The summed E-state index contributed by atoms with van der Waals surface area (Å²) in [6.45, 7) is 9.71. The summed E-state index contributed by atoms with van der Waals surface area (Å²) in [5.74, 6) is 0.497. The highest BCUT2D eigenvalue weighted by atomic mass is 19.3. The van der Waals surface area contributed by atoms with E-state index in [-0.39, 0.29) is 11.6 Å². The van der Waals surface area contributed by atoms with Crippen molar-refractivity contribution in [2.24, 2.45) is 0 Å². The van der Waals surface area contributed by atoms with Crippen LogP contribution in [0.2, 0.25) is 0 Å². The van der Waals surface area contributed by atoms with Gasteiger partial charge in [-0.2, -0.15) is 5.10 Å². The number of rotatable bonds is 9. The Morgan fingerprint density at radius 1 is 0.971 bits per heavy atom. The molecule has 0 bridgehead atoms. The summed E-state index contributed by atoms with van der Waals surface area (Å²) in [5.41, 5.74) is 5.15. The summed E-state index contributed by atoms with van der Waals surface area (Å²) >= 11 is 0. The molecule has 0 saturated carbocycles. The molecule has 4 aromatic rings. The predicted molar refractivity (Wildman–Crippen MR) is 134 cm³/mol. The molecule has 0 aliphatic rings. The second kappa shape index (κ2) is 10.4. The molecule has 0 saturated heterocycles. The highest BCUT2D eigenvalue weighted by Gasteiger charge is 2.12. The van der Waals surface area contributed by atoms with Gasteiger partial charge < -0.3 is 10.6 Å². The van der Waals surface area contributed by atoms with Crippen LogP contribution in [0.3, 0.4) is 0 Å². The highest BCUT2D eigenvalue weighted by Crippen LogP contribution is 2.25. The number of nitrogens with zero attached hydrogens (tertiary/aromatic N) is 5. The van der Waals surface area contributed by atoms with Crippen LogP contribution >= 0.6 is 0 Å². The maximum atomic E-state index is 13.1. The van der Waals surface area contributed by atoms with Crippen LogP contribution in [0.4, 0.5) is 26.1 Å². The van der Waals surface area contributed by atoms with Gasteiger partial charge in [-0.3, -0.25) is 9.67 Å². The standard InChI is InChI=1S/C26H27F2N7/c1-16(2)35-15-23(14-32-35)34-26-30-11-21(12-31-26)20-7-5-19(6-8-20)9-17(3)33-22-10-24(25(27)28)18(4)29-13-22/h5-8,10-16,25,33H,3,9H2,1-2,4H3,(H,30,31,34). The van der Waals surface area contributed by atoms with Gasteiger partial charge in [0.2, 0.25) is 5.95 Å². The summed E-state index contributed by atoms with van der Waals surface area (Å²) in [5, 5.41) is 10.5. The van der Waals surface area contributed by atoms with Crippen molar-refractivity contribution in [3.8, 4) is 11.1 Å². The van der Waals surface area contributed by atoms with Crippen LogP contribution in [-0.4, -0.2) is 24.7 Å². The Hall–Kier alpha value is -4.14. The molecule has 0 aliphatic carbocycles. The topological polar surface area (TPSA) is 80.5 Å². The Bertz CT molecular complexity index is 1300. The normalized spacial score (nSPS) is 11.2. The summed E-state index contributed by atoms with van der Waals surface area (Å²) in [6, 6.07) is 9.66. The first-order valence-corrected chi connectivity index (χ1v) is 11.2. The largest absolute Gasteiger partial charge is 0.358 e. The number of aromatic nitrogens is 5. The molecule has 0 radical (unpaired) electrons. The Kier molecular flexibility index (Phi) is 7.14. The number of allylic oxidation sites excluding steroid dienone is 1. The summed E-state index contributed by atoms with van der Waals surface area (Å²) in [6.07, 6.45) is 6.70. The van der Waals surface area contributed by atoms with Crippen molar-refractivity contribution >= 4 is 17.3 Å². The molecular weight excluding hydrogens is 448 g/mol. The van der Waals surface area contributed by atoms with Crippen LogP contribution < -0.4 is 10.6 Å². The van der Waals surface area contributed by atoms with Gasteiger partial charge in [0.1, 0.15) is 0 Å². The van der Waals surface area contributed by atoms with Crippen molar-refractivity contribution in [3.05, 3.63) is 90.4 Å². The average Bonchev–Trinajstić information content (AvgIpc) is 3.30. The zero-order chi connectivity index (χ0) is 24.9. The Morgan fingerprint density at radius 2 is 1.69 bits per heavy atom. The van der Waals surface area contributed by atoms with Crippen molar-refractivity contribution in [1.82, 2.24) is 24.7 Å². The van der Waals surface area contributed by atoms with Gasteiger partial charge in [-0.1, -0.05) is 30.8 Å². The number of alkyl halides is 2. The fourth-order valence-corrected chi connectivity index (χ4v) is 3.50. The first-order chi connectivity index (χ1) is 16.8. The number of anilines is 3. The predicted octanol–water partition coefficient (Wildman–Crippen LogP) is 6.47. The van der Waals surface area contributed by atoms with Gasteiger partial charge in [-0.25, -0.2) is 18.7 Å². The van der Waals surface area contributed by atoms with E-state index in [4.69, 9.17) is 0 Å². The van der Waals surface area contributed by atoms with Crippen molar-refractivity contribution in [3.63, 3.8) is 0 Å². The number of nitrogens with one attached hydrogen (secondary N) is 2. The first-order valence-electron chi connectivity index (χ1n) is 11.2. The molecule has 2 N–H and O–H groups in total. The number of halogens is 2. The summed E-state index contributed by atoms with van der Waals surface area (Å²) in [4.78, 5) is 12.8. The third kappa shape index (κ3) is 6.06. The molecule has 7 nitrogen and oxygen atoms in total. The third-order valence-corrected chi connectivity index (χ3v) is 5.43. The van der Waals surface area contributed by atoms with E-state index < -0.39 is 6.43 Å². The van der Waals surface area contributed by atoms with Crippen LogP contribution in [0, 0.1) is 6.92 Å². The second-order valence-corrected chi connectivity index (χ2v) is 8.52. The molecule has 0 spiro atoms. The molecule has 0 aliphatic heterocycles. The van der Waals surface area contributed by atoms with Crippen molar-refractivity contribution < 1.29 is 8.78 Å². The number of aryl methyl sites for hydroxylation is 1. The van der Waals surface area contributed by atoms with Crippen LogP contribution in [0.15, 0.2) is 73.6 Å². The molecule has 180 valence electrons. The Morgan fingerprint density at radius 3 is 2.31 bits per heavy atom. The van der Waals surface area contributed by atoms with Gasteiger partial charge >= 0.3 is 0 Å². The van der Waals surface area contributed by atoms with Crippen LogP contribution in [0.25, 0.3) is 11.1 Å². The quantitative estimate of drug-likeness (QED) is 0.289. The zero-order valence-electron chi connectivity index (χ0n) is 19.8.